The highest BCUT2D eigenvalue weighted by Crippen LogP contribution is 2.34. The summed E-state index contributed by atoms with van der Waals surface area (Å²) < 4.78 is 47.3. The fraction of sp³-hybridized carbons (Fsp3) is 0.269. The third-order valence-electron chi connectivity index (χ3n) is 6.31. The van der Waals surface area contributed by atoms with Gasteiger partial charge >= 0.3 is 0 Å². The number of sulfonamides is 1. The Balaban J connectivity index is 1.45. The smallest absolute Gasteiger partial charge is 0.243 e. The third kappa shape index (κ3) is 5.34. The van der Waals surface area contributed by atoms with E-state index in [9.17, 15) is 17.6 Å². The lowest BCUT2D eigenvalue weighted by Gasteiger charge is -2.33. The summed E-state index contributed by atoms with van der Waals surface area (Å²) >= 11 is 1.37. The first-order valence-corrected chi connectivity index (χ1v) is 14.0. The first kappa shape index (κ1) is 25.2. The second-order valence-electron chi connectivity index (χ2n) is 8.73. The van der Waals surface area contributed by atoms with Crippen LogP contribution in [0.4, 0.5) is 9.52 Å². The first-order valence-electron chi connectivity index (χ1n) is 11.8. The molecular formula is C26H25FN4O4S2. The van der Waals surface area contributed by atoms with Crippen molar-refractivity contribution in [3.05, 3.63) is 78.4 Å². The average molecular weight is 541 g/mol. The maximum Gasteiger partial charge on any atom is 0.243 e. The van der Waals surface area contributed by atoms with Crippen LogP contribution in [0.2, 0.25) is 0 Å². The van der Waals surface area contributed by atoms with Crippen LogP contribution in [-0.4, -0.2) is 48.8 Å². The zero-order chi connectivity index (χ0) is 26.0. The van der Waals surface area contributed by atoms with Gasteiger partial charge in [0.15, 0.2) is 5.13 Å². The van der Waals surface area contributed by atoms with Crippen molar-refractivity contribution < 1.29 is 22.3 Å². The molecule has 0 radical (unpaired) electrons. The molecule has 5 rings (SSSR count). The quantitative estimate of drug-likeness (QED) is 0.343. The first-order chi connectivity index (χ1) is 17.8. The number of carbonyl (C=O) groups is 1. The van der Waals surface area contributed by atoms with E-state index in [0.29, 0.717) is 36.0 Å². The van der Waals surface area contributed by atoms with Crippen LogP contribution in [-0.2, 0) is 21.4 Å². The predicted octanol–water partition coefficient (Wildman–Crippen LogP) is 4.47. The lowest BCUT2D eigenvalue weighted by Crippen LogP contribution is -2.46. The number of thiazole rings is 1. The molecule has 1 fully saturated rings. The molecule has 11 heteroatoms. The largest absolute Gasteiger partial charge is 0.497 e. The summed E-state index contributed by atoms with van der Waals surface area (Å²) in [6.07, 6.45) is 2.75. The van der Waals surface area contributed by atoms with Crippen molar-refractivity contribution in [1.82, 2.24) is 14.3 Å². The molecule has 1 aliphatic rings. The summed E-state index contributed by atoms with van der Waals surface area (Å²) in [5.74, 6) is -0.589. The number of hydrogen-bond acceptors (Lipinski definition) is 7. The fourth-order valence-corrected chi connectivity index (χ4v) is 6.89. The number of carbonyl (C=O) groups excluding carboxylic acids is 1. The lowest BCUT2D eigenvalue weighted by molar-refractivity contribution is -0.123. The maximum atomic E-state index is 13.9. The van der Waals surface area contributed by atoms with Crippen molar-refractivity contribution in [3.8, 4) is 5.75 Å². The monoisotopic (exact) mass is 540 g/mol. The molecule has 3 heterocycles. The highest BCUT2D eigenvalue weighted by Gasteiger charge is 2.36. The minimum atomic E-state index is -3.87. The van der Waals surface area contributed by atoms with Crippen LogP contribution in [0.25, 0.3) is 10.2 Å². The Morgan fingerprint density at radius 3 is 2.73 bits per heavy atom. The van der Waals surface area contributed by atoms with Crippen LogP contribution < -0.4 is 9.64 Å². The third-order valence-corrected chi connectivity index (χ3v) is 9.23. The minimum Gasteiger partial charge on any atom is -0.497 e. The summed E-state index contributed by atoms with van der Waals surface area (Å²) in [7, 11) is -2.27. The second kappa shape index (κ2) is 10.5. The molecule has 0 bridgehead atoms. The minimum absolute atomic E-state index is 0.00691. The van der Waals surface area contributed by atoms with Gasteiger partial charge in [0.05, 0.1) is 40.4 Å². The Hall–Kier alpha value is -3.41. The van der Waals surface area contributed by atoms with Crippen molar-refractivity contribution in [1.29, 1.82) is 0 Å². The number of aromatic nitrogens is 2. The maximum absolute atomic E-state index is 13.9. The van der Waals surface area contributed by atoms with Gasteiger partial charge in [-0.2, -0.15) is 4.31 Å². The number of rotatable bonds is 7. The Bertz CT molecular complexity index is 1510. The van der Waals surface area contributed by atoms with Crippen molar-refractivity contribution in [2.75, 3.05) is 25.1 Å². The average Bonchev–Trinajstić information content (AvgIpc) is 3.35. The molecule has 1 unspecified atom stereocenters. The predicted molar refractivity (Wildman–Crippen MR) is 139 cm³/mol. The Morgan fingerprint density at radius 1 is 1.19 bits per heavy atom. The highest BCUT2D eigenvalue weighted by molar-refractivity contribution is 7.89. The molecule has 37 heavy (non-hydrogen) atoms. The molecule has 0 spiro atoms. The van der Waals surface area contributed by atoms with Gasteiger partial charge in [-0.3, -0.25) is 14.7 Å². The van der Waals surface area contributed by atoms with Crippen LogP contribution in [0, 0.1) is 11.7 Å². The molecule has 192 valence electrons. The van der Waals surface area contributed by atoms with Crippen LogP contribution in [0.1, 0.15) is 18.5 Å². The number of piperidine rings is 1. The van der Waals surface area contributed by atoms with E-state index in [0.717, 1.165) is 22.3 Å². The van der Waals surface area contributed by atoms with Crippen molar-refractivity contribution >= 4 is 42.6 Å². The van der Waals surface area contributed by atoms with E-state index >= 15 is 0 Å². The molecule has 0 saturated carbocycles. The molecule has 1 amide bonds. The van der Waals surface area contributed by atoms with Crippen LogP contribution in [0.15, 0.2) is 71.8 Å². The van der Waals surface area contributed by atoms with Gasteiger partial charge in [0.2, 0.25) is 15.9 Å². The summed E-state index contributed by atoms with van der Waals surface area (Å²) in [5.41, 5.74) is 1.43. The highest BCUT2D eigenvalue weighted by atomic mass is 32.2. The lowest BCUT2D eigenvalue weighted by atomic mass is 9.98. The van der Waals surface area contributed by atoms with Gasteiger partial charge in [-0.05, 0) is 67.4 Å². The molecule has 4 aromatic rings. The van der Waals surface area contributed by atoms with Crippen molar-refractivity contribution in [2.45, 2.75) is 24.3 Å². The van der Waals surface area contributed by atoms with Gasteiger partial charge in [-0.15, -0.1) is 0 Å². The van der Waals surface area contributed by atoms with Crippen LogP contribution in [0.3, 0.4) is 0 Å². The fourth-order valence-electron chi connectivity index (χ4n) is 4.37. The number of benzene rings is 2. The number of hydrogen-bond donors (Lipinski definition) is 0. The number of ether oxygens (including phenoxy) is 1. The molecule has 8 nitrogen and oxygen atoms in total. The standard InChI is InChI=1S/C26H25FN4O4S2/c1-35-21-9-12-23-24(15-21)36-26(29-23)31(17-20-6-2-3-13-28-20)25(32)18-5-4-14-30(16-18)37(33,34)22-10-7-19(27)8-11-22/h2-3,6-13,15,18H,4-5,14,16-17H2,1H3. The van der Waals surface area contributed by atoms with Crippen molar-refractivity contribution in [2.24, 2.45) is 5.92 Å². The SMILES string of the molecule is COc1ccc2nc(N(Cc3ccccn3)C(=O)C3CCCN(S(=O)(=O)c4ccc(F)cc4)C3)sc2c1. The normalized spacial score (nSPS) is 16.5. The summed E-state index contributed by atoms with van der Waals surface area (Å²) in [6, 6.07) is 15.8. The van der Waals surface area contributed by atoms with Crippen molar-refractivity contribution in [3.63, 3.8) is 0 Å². The van der Waals surface area contributed by atoms with E-state index in [1.54, 1.807) is 24.3 Å². The van der Waals surface area contributed by atoms with E-state index < -0.39 is 21.8 Å². The van der Waals surface area contributed by atoms with Gasteiger partial charge < -0.3 is 4.74 Å². The zero-order valence-corrected chi connectivity index (χ0v) is 21.7. The van der Waals surface area contributed by atoms with E-state index in [2.05, 4.69) is 4.98 Å². The van der Waals surface area contributed by atoms with Gasteiger partial charge in [-0.25, -0.2) is 17.8 Å². The van der Waals surface area contributed by atoms with E-state index in [1.807, 2.05) is 30.3 Å². The second-order valence-corrected chi connectivity index (χ2v) is 11.7. The van der Waals surface area contributed by atoms with Gasteiger partial charge in [0.25, 0.3) is 0 Å². The molecule has 0 aliphatic carbocycles. The molecule has 1 aliphatic heterocycles. The summed E-state index contributed by atoms with van der Waals surface area (Å²) in [4.78, 5) is 24.6. The molecule has 0 N–H and O–H groups in total. The Morgan fingerprint density at radius 2 is 2.00 bits per heavy atom. The number of halogens is 1. The summed E-state index contributed by atoms with van der Waals surface area (Å²) in [6.45, 7) is 0.540. The molecule has 1 saturated heterocycles. The van der Waals surface area contributed by atoms with E-state index in [1.165, 1.54) is 27.8 Å². The van der Waals surface area contributed by atoms with Gasteiger partial charge in [-0.1, -0.05) is 17.4 Å². The Labute approximate surface area is 218 Å². The Kier molecular flexibility index (Phi) is 7.18. The number of nitrogens with zero attached hydrogens (tertiary/aromatic N) is 4. The molecular weight excluding hydrogens is 515 g/mol. The number of pyridine rings is 1. The van der Waals surface area contributed by atoms with Crippen LogP contribution >= 0.6 is 11.3 Å². The van der Waals surface area contributed by atoms with E-state index in [4.69, 9.17) is 9.72 Å². The number of fused-ring (bicyclic) bond motifs is 1. The molecule has 2 aromatic heterocycles. The zero-order valence-electron chi connectivity index (χ0n) is 20.1. The molecule has 1 atom stereocenters. The van der Waals surface area contributed by atoms with Gasteiger partial charge in [0, 0.05) is 19.3 Å². The van der Waals surface area contributed by atoms with Crippen LogP contribution in [0.5, 0.6) is 5.75 Å². The number of methoxy groups -OCH3 is 1. The summed E-state index contributed by atoms with van der Waals surface area (Å²) in [5, 5.41) is 0.512. The van der Waals surface area contributed by atoms with Gasteiger partial charge in [0.1, 0.15) is 11.6 Å². The van der Waals surface area contributed by atoms with E-state index in [-0.39, 0.29) is 23.9 Å². The number of amides is 1. The topological polar surface area (TPSA) is 92.7 Å². The number of anilines is 1. The molecule has 2 aromatic carbocycles.